The number of aromatic nitrogens is 2. The van der Waals surface area contributed by atoms with E-state index in [-0.39, 0.29) is 48.7 Å². The fourth-order valence-electron chi connectivity index (χ4n) is 10.7. The minimum absolute atomic E-state index is 0.0197. The largest absolute Gasteiger partial charge is 0.504 e. The van der Waals surface area contributed by atoms with Gasteiger partial charge in [-0.05, 0) is 79.4 Å². The van der Waals surface area contributed by atoms with Crippen molar-refractivity contribution < 1.29 is 92.9 Å². The first-order valence-electron chi connectivity index (χ1n) is 28.9. The summed E-state index contributed by atoms with van der Waals surface area (Å²) in [5.74, 6) is -8.55. The number of hydrogen-bond acceptors (Lipinski definition) is 24. The van der Waals surface area contributed by atoms with E-state index in [1.54, 1.807) is 12.1 Å². The van der Waals surface area contributed by atoms with E-state index in [1.807, 2.05) is 55.5 Å². The van der Waals surface area contributed by atoms with Crippen LogP contribution in [-0.2, 0) is 44.6 Å². The molecule has 29 nitrogen and oxygen atoms in total. The molecule has 0 saturated carbocycles. The maximum atomic E-state index is 14.7. The predicted octanol–water partition coefficient (Wildman–Crippen LogP) is -0.306. The summed E-state index contributed by atoms with van der Waals surface area (Å²) in [7, 11) is 0. The van der Waals surface area contributed by atoms with Gasteiger partial charge in [-0.1, -0.05) is 89.2 Å². The first-order chi connectivity index (χ1) is 43.1. The van der Waals surface area contributed by atoms with Crippen LogP contribution >= 0.6 is 23.7 Å². The average Bonchev–Trinajstić information content (AvgIpc) is 2.02. The van der Waals surface area contributed by atoms with Gasteiger partial charge in [0.05, 0.1) is 43.2 Å². The van der Waals surface area contributed by atoms with Crippen LogP contribution in [0.25, 0.3) is 32.3 Å². The number of hydrogen-bond donors (Lipinski definition) is 14. The number of nitrogens with zero attached hydrogens (tertiary/aromatic N) is 4. The van der Waals surface area contributed by atoms with E-state index in [9.17, 15) is 69.3 Å². The van der Waals surface area contributed by atoms with Crippen LogP contribution in [0, 0.1) is 5.92 Å². The molecule has 31 heteroatoms. The highest BCUT2D eigenvalue weighted by Crippen LogP contribution is 2.34. The number of carbonyl (C=O) groups is 7. The van der Waals surface area contributed by atoms with Crippen molar-refractivity contribution in [2.24, 2.45) is 11.7 Å². The van der Waals surface area contributed by atoms with Gasteiger partial charge in [-0.15, -0.1) is 10.2 Å². The Balaban J connectivity index is 1.06. The Morgan fingerprint density at radius 3 is 2.00 bits per heavy atom. The summed E-state index contributed by atoms with van der Waals surface area (Å²) in [5, 5.41) is 113. The standard InChI is InChI=1S/C59H72N10O19S2/c1-4-21-85-39-16-14-33(15-17-39)32-6-10-35(11-7-32)56-66-67-57(89-56)36-12-8-34(9-13-36)51(77)62-40-24-37(71)26-61-55(81)49-50(76)29(2)27-69(49)59(83)48(43(74)19-20-60)65-54(80)47(44(75)22-31-5-18-42(73)45(23-31)86-90-88-87-84)64-53(79)41-25-38(72)28-68(41)58(82)46(30(3)70)63-52(40)78/h5-18,23,29-30,37-38,40-41,43-44,46-50,70-76,84H,4,19-22,24-28,60H2,1-3H3,(H,61,81)(H,62,77)(H,63,78)(H,64,79)(H,65,80)/t29-,30+,37+,38+,40+,41+,43-,44-,46+,47+,48+,49+,50+/m1/s1. The zero-order valence-electron chi connectivity index (χ0n) is 49.0. The van der Waals surface area contributed by atoms with Gasteiger partial charge >= 0.3 is 0 Å². The first-order valence-corrected chi connectivity index (χ1v) is 30.4. The lowest BCUT2D eigenvalue weighted by Crippen LogP contribution is -2.64. The third kappa shape index (κ3) is 16.7. The Labute approximate surface area is 524 Å². The number of aromatic hydroxyl groups is 1. The molecule has 3 saturated heterocycles. The topological polar surface area (TPSA) is 437 Å². The molecule has 0 unspecified atom stereocenters. The Hall–Kier alpha value is -7.92. The molecule has 4 heterocycles. The summed E-state index contributed by atoms with van der Waals surface area (Å²) in [5.41, 5.74) is 9.33. The molecule has 15 N–H and O–H groups in total. The number of fused-ring (bicyclic) bond motifs is 2. The molecular formula is C59H72N10O19S2. The first kappa shape index (κ1) is 68.0. The van der Waals surface area contributed by atoms with Crippen molar-refractivity contribution in [3.8, 4) is 49.5 Å². The molecule has 0 radical (unpaired) electrons. The van der Waals surface area contributed by atoms with E-state index < -0.39 is 158 Å². The third-order valence-corrected chi connectivity index (χ3v) is 16.9. The molecule has 3 fully saturated rings. The molecule has 484 valence electrons. The van der Waals surface area contributed by atoms with E-state index in [4.69, 9.17) is 19.9 Å². The van der Waals surface area contributed by atoms with Crippen LogP contribution < -0.4 is 41.2 Å². The maximum absolute atomic E-state index is 14.7. The monoisotopic (exact) mass is 1290 g/mol. The molecule has 3 aliphatic rings. The lowest BCUT2D eigenvalue weighted by atomic mass is 9.98. The number of aliphatic hydroxyl groups excluding tert-OH is 6. The van der Waals surface area contributed by atoms with Crippen LogP contribution in [0.4, 0.5) is 0 Å². The van der Waals surface area contributed by atoms with Gasteiger partial charge in [0.2, 0.25) is 35.4 Å². The highest BCUT2D eigenvalue weighted by atomic mass is 32.2. The van der Waals surface area contributed by atoms with Gasteiger partial charge < -0.3 is 86.8 Å². The Kier molecular flexibility index (Phi) is 23.6. The number of β-amino-alcohol motifs (C(OH)–C–C–N with tert-alkyl or cyclic N) is 1. The van der Waals surface area contributed by atoms with Gasteiger partial charge in [-0.25, -0.2) is 5.26 Å². The van der Waals surface area contributed by atoms with Gasteiger partial charge in [-0.3, -0.25) is 33.6 Å². The van der Waals surface area contributed by atoms with Crippen molar-refractivity contribution in [1.29, 1.82) is 0 Å². The fraction of sp³-hybridized carbons (Fsp3) is 0.441. The molecule has 8 rings (SSSR count). The smallest absolute Gasteiger partial charge is 0.261 e. The second-order valence-electron chi connectivity index (χ2n) is 22.1. The number of ether oxygens (including phenoxy) is 1. The second-order valence-corrected chi connectivity index (χ2v) is 23.5. The van der Waals surface area contributed by atoms with Gasteiger partial charge in [-0.2, -0.15) is 0 Å². The predicted molar refractivity (Wildman–Crippen MR) is 322 cm³/mol. The maximum Gasteiger partial charge on any atom is 0.261 e. The Morgan fingerprint density at radius 1 is 0.756 bits per heavy atom. The number of nitrogens with two attached hydrogens (primary N) is 1. The van der Waals surface area contributed by atoms with Crippen molar-refractivity contribution in [3.63, 3.8) is 0 Å². The molecule has 1 aromatic heterocycles. The van der Waals surface area contributed by atoms with Gasteiger partial charge in [0.15, 0.2) is 11.5 Å². The van der Waals surface area contributed by atoms with Gasteiger partial charge in [0, 0.05) is 61.5 Å². The summed E-state index contributed by atoms with van der Waals surface area (Å²) >= 11 is 1.38. The quantitative estimate of drug-likeness (QED) is 0.0218. The molecule has 7 amide bonds. The van der Waals surface area contributed by atoms with E-state index in [0.29, 0.717) is 22.2 Å². The Bertz CT molecular complexity index is 3310. The minimum Gasteiger partial charge on any atom is -0.504 e. The molecule has 0 aliphatic carbocycles. The molecule has 4 aromatic carbocycles. The van der Waals surface area contributed by atoms with Crippen molar-refractivity contribution in [1.82, 2.24) is 46.6 Å². The summed E-state index contributed by atoms with van der Waals surface area (Å²) in [6.45, 7) is 3.52. The molecule has 3 aliphatic heterocycles. The lowest BCUT2D eigenvalue weighted by Gasteiger charge is -2.34. The summed E-state index contributed by atoms with van der Waals surface area (Å²) in [6.07, 6.45) is -11.3. The van der Waals surface area contributed by atoms with E-state index >= 15 is 0 Å². The molecule has 0 spiro atoms. The Morgan fingerprint density at radius 2 is 1.37 bits per heavy atom. The molecular weight excluding hydrogens is 1220 g/mol. The summed E-state index contributed by atoms with van der Waals surface area (Å²) in [4.78, 5) is 103. The van der Waals surface area contributed by atoms with Crippen LogP contribution in [0.3, 0.4) is 0 Å². The second kappa shape index (κ2) is 31.2. The zero-order chi connectivity index (χ0) is 64.9. The van der Waals surface area contributed by atoms with Crippen LogP contribution in [0.5, 0.6) is 17.2 Å². The highest BCUT2D eigenvalue weighted by molar-refractivity contribution is 7.90. The minimum atomic E-state index is -2.11. The number of phenolic OH excluding ortho intramolecular Hbond substituents is 1. The number of benzene rings is 4. The van der Waals surface area contributed by atoms with Crippen molar-refractivity contribution >= 4 is 65.0 Å². The number of amides is 7. The molecule has 90 heavy (non-hydrogen) atoms. The molecule has 13 atom stereocenters. The third-order valence-electron chi connectivity index (χ3n) is 15.5. The summed E-state index contributed by atoms with van der Waals surface area (Å²) in [6, 6.07) is 14.2. The number of nitrogens with one attached hydrogen (secondary N) is 5. The van der Waals surface area contributed by atoms with Crippen LogP contribution in [0.1, 0.15) is 62.4 Å². The SMILES string of the molecule is CCCOc1ccc(-c2ccc(-c3nnc(-c4ccc(C(=O)N[C@H]5C[C@H](O)CNC(=O)[C@@H]6[C@@H](O)[C@H](C)CN6C(=O)[C@H]([C@H](O)CCN)NC(=O)[C@H]([C@H](O)Cc6ccc(O)c(OSOOO)c6)NC(=O)[C@@H]6C[C@H](O)CN6C(=O)[C@H]([C@H](C)O)NC5=O)cc4)s3)cc2)cc1. The molecule has 5 aromatic rings. The highest BCUT2D eigenvalue weighted by Gasteiger charge is 2.50. The number of rotatable bonds is 19. The fourth-order valence-corrected chi connectivity index (χ4v) is 11.8. The normalized spacial score (nSPS) is 24.9. The summed E-state index contributed by atoms with van der Waals surface area (Å²) < 4.78 is 15.0. The van der Waals surface area contributed by atoms with Crippen molar-refractivity contribution in [2.45, 2.75) is 126 Å². The van der Waals surface area contributed by atoms with E-state index in [1.165, 1.54) is 42.5 Å². The zero-order valence-corrected chi connectivity index (χ0v) is 50.6. The van der Waals surface area contributed by atoms with E-state index in [0.717, 1.165) is 51.7 Å². The van der Waals surface area contributed by atoms with Crippen LogP contribution in [-0.4, -0.2) is 208 Å². The van der Waals surface area contributed by atoms with E-state index in [2.05, 4.69) is 46.2 Å². The lowest BCUT2D eigenvalue weighted by molar-refractivity contribution is -0.433. The van der Waals surface area contributed by atoms with Gasteiger partial charge in [0.25, 0.3) is 18.2 Å². The van der Waals surface area contributed by atoms with Crippen LogP contribution in [0.2, 0.25) is 0 Å². The van der Waals surface area contributed by atoms with Gasteiger partial charge in [0.1, 0.15) is 52.0 Å². The van der Waals surface area contributed by atoms with Crippen molar-refractivity contribution in [2.75, 3.05) is 32.8 Å². The molecule has 0 bridgehead atoms. The van der Waals surface area contributed by atoms with Crippen LogP contribution in [0.15, 0.2) is 91.0 Å². The van der Waals surface area contributed by atoms with Crippen molar-refractivity contribution in [3.05, 3.63) is 102 Å². The number of aliphatic hydroxyl groups is 6. The number of phenols is 1. The average molecular weight is 1290 g/mol. The number of carbonyl (C=O) groups excluding carboxylic acids is 7.